The van der Waals surface area contributed by atoms with Gasteiger partial charge >= 0.3 is 5.97 Å². The highest BCUT2D eigenvalue weighted by atomic mass is 32.2. The lowest BCUT2D eigenvalue weighted by Gasteiger charge is -2.12. The highest BCUT2D eigenvalue weighted by Gasteiger charge is 2.22. The Bertz CT molecular complexity index is 358. The summed E-state index contributed by atoms with van der Waals surface area (Å²) in [5.74, 6) is -0.265. The number of aliphatic hydroxyl groups excluding tert-OH is 1. The van der Waals surface area contributed by atoms with Crippen LogP contribution in [0.2, 0.25) is 0 Å². The first-order chi connectivity index (χ1) is 8.22. The largest absolute Gasteiger partial charge is 0.465 e. The van der Waals surface area contributed by atoms with Crippen LogP contribution < -0.4 is 0 Å². The van der Waals surface area contributed by atoms with Gasteiger partial charge in [0.1, 0.15) is 5.25 Å². The second-order valence-corrected chi connectivity index (χ2v) is 4.34. The topological polar surface area (TPSA) is 90.1 Å². The van der Waals surface area contributed by atoms with E-state index < -0.39 is 0 Å². The summed E-state index contributed by atoms with van der Waals surface area (Å²) in [4.78, 5) is 11.6. The summed E-state index contributed by atoms with van der Waals surface area (Å²) in [5.41, 5.74) is 0. The van der Waals surface area contributed by atoms with Gasteiger partial charge in [0.25, 0.3) is 0 Å². The van der Waals surface area contributed by atoms with Crippen LogP contribution in [0.15, 0.2) is 5.16 Å². The molecule has 0 fully saturated rings. The van der Waals surface area contributed by atoms with Crippen LogP contribution in [0, 0.1) is 0 Å². The van der Waals surface area contributed by atoms with Crippen LogP contribution >= 0.6 is 11.8 Å². The van der Waals surface area contributed by atoms with E-state index in [-0.39, 0.29) is 17.8 Å². The van der Waals surface area contributed by atoms with E-state index in [4.69, 9.17) is 9.84 Å². The smallest absolute Gasteiger partial charge is 0.319 e. The van der Waals surface area contributed by atoms with E-state index in [0.717, 1.165) is 0 Å². The van der Waals surface area contributed by atoms with Gasteiger partial charge in [0.2, 0.25) is 5.16 Å². The number of ether oxygens (including phenoxy) is 1. The summed E-state index contributed by atoms with van der Waals surface area (Å²) in [6.45, 7) is 4.29. The van der Waals surface area contributed by atoms with Crippen LogP contribution in [0.25, 0.3) is 0 Å². The standard InChI is InChI=1S/C9H16N4O3S/c1-3-7(8(15)16-4-2)17-9-10-11-12-13(9)5-6-14/h7,14H,3-6H2,1-2H3. The Morgan fingerprint density at radius 1 is 1.59 bits per heavy atom. The molecule has 1 N–H and O–H groups in total. The number of hydrogen-bond acceptors (Lipinski definition) is 7. The fraction of sp³-hybridized carbons (Fsp3) is 0.778. The Kier molecular flexibility index (Phi) is 5.92. The van der Waals surface area contributed by atoms with E-state index in [1.54, 1.807) is 6.92 Å². The van der Waals surface area contributed by atoms with Crippen molar-refractivity contribution < 1.29 is 14.6 Å². The molecule has 0 aliphatic rings. The third-order valence-corrected chi connectivity index (χ3v) is 3.29. The molecule has 0 saturated heterocycles. The quantitative estimate of drug-likeness (QED) is 0.549. The summed E-state index contributed by atoms with van der Waals surface area (Å²) in [6, 6.07) is 0. The molecule has 8 heteroatoms. The lowest BCUT2D eigenvalue weighted by molar-refractivity contribution is -0.142. The fourth-order valence-corrected chi connectivity index (χ4v) is 2.10. The molecule has 1 aromatic heterocycles. The second-order valence-electron chi connectivity index (χ2n) is 3.17. The monoisotopic (exact) mass is 260 g/mol. The highest BCUT2D eigenvalue weighted by molar-refractivity contribution is 8.00. The number of thioether (sulfide) groups is 1. The first-order valence-corrected chi connectivity index (χ1v) is 6.31. The number of nitrogens with zero attached hydrogens (tertiary/aromatic N) is 4. The van der Waals surface area contributed by atoms with Crippen LogP contribution in [0.4, 0.5) is 0 Å². The van der Waals surface area contributed by atoms with Crippen molar-refractivity contribution in [3.63, 3.8) is 0 Å². The maximum Gasteiger partial charge on any atom is 0.319 e. The van der Waals surface area contributed by atoms with E-state index in [0.29, 0.717) is 24.7 Å². The van der Waals surface area contributed by atoms with Gasteiger partial charge in [0.15, 0.2) is 0 Å². The number of aliphatic hydroxyl groups is 1. The molecule has 17 heavy (non-hydrogen) atoms. The molecule has 0 bridgehead atoms. The average molecular weight is 260 g/mol. The van der Waals surface area contributed by atoms with Crippen LogP contribution in [-0.4, -0.2) is 49.7 Å². The van der Waals surface area contributed by atoms with Crippen LogP contribution in [0.1, 0.15) is 20.3 Å². The van der Waals surface area contributed by atoms with Gasteiger partial charge in [0, 0.05) is 0 Å². The normalized spacial score (nSPS) is 12.4. The molecule has 0 spiro atoms. The van der Waals surface area contributed by atoms with Gasteiger partial charge in [-0.2, -0.15) is 0 Å². The maximum atomic E-state index is 11.6. The van der Waals surface area contributed by atoms with Crippen molar-refractivity contribution in [1.82, 2.24) is 20.2 Å². The van der Waals surface area contributed by atoms with Gasteiger partial charge in [-0.3, -0.25) is 4.79 Å². The molecule has 1 atom stereocenters. The van der Waals surface area contributed by atoms with E-state index in [9.17, 15) is 4.79 Å². The number of hydrogen-bond donors (Lipinski definition) is 1. The number of rotatable bonds is 7. The summed E-state index contributed by atoms with van der Waals surface area (Å²) in [5, 5.41) is 20.1. The Morgan fingerprint density at radius 3 is 2.94 bits per heavy atom. The van der Waals surface area contributed by atoms with Crippen LogP contribution in [-0.2, 0) is 16.1 Å². The van der Waals surface area contributed by atoms with Crippen molar-refractivity contribution in [3.8, 4) is 0 Å². The first-order valence-electron chi connectivity index (χ1n) is 5.43. The maximum absolute atomic E-state index is 11.6. The predicted molar refractivity (Wildman–Crippen MR) is 61.5 cm³/mol. The van der Waals surface area contributed by atoms with E-state index in [1.165, 1.54) is 16.4 Å². The molecule has 96 valence electrons. The summed E-state index contributed by atoms with van der Waals surface area (Å²) in [6.07, 6.45) is 0.634. The highest BCUT2D eigenvalue weighted by Crippen LogP contribution is 2.23. The van der Waals surface area contributed by atoms with Crippen molar-refractivity contribution in [2.24, 2.45) is 0 Å². The van der Waals surface area contributed by atoms with Gasteiger partial charge in [-0.15, -0.1) is 5.10 Å². The molecule has 0 saturated carbocycles. The lowest BCUT2D eigenvalue weighted by atomic mass is 10.3. The van der Waals surface area contributed by atoms with Crippen molar-refractivity contribution in [2.75, 3.05) is 13.2 Å². The third-order valence-electron chi connectivity index (χ3n) is 1.98. The third kappa shape index (κ3) is 3.97. The Balaban J connectivity index is 2.66. The number of carbonyl (C=O) groups is 1. The Labute approximate surface area is 104 Å². The van der Waals surface area contributed by atoms with E-state index in [1.807, 2.05) is 6.92 Å². The van der Waals surface area contributed by atoms with Gasteiger partial charge in [-0.1, -0.05) is 18.7 Å². The summed E-state index contributed by atoms with van der Waals surface area (Å²) >= 11 is 1.25. The molecular weight excluding hydrogens is 244 g/mol. The van der Waals surface area contributed by atoms with Gasteiger partial charge in [-0.05, 0) is 23.8 Å². The van der Waals surface area contributed by atoms with Gasteiger partial charge in [-0.25, -0.2) is 4.68 Å². The molecule has 0 aliphatic carbocycles. The number of tetrazole rings is 1. The zero-order valence-electron chi connectivity index (χ0n) is 9.87. The SMILES string of the molecule is CCOC(=O)C(CC)Sc1nnnn1CCO. The van der Waals surface area contributed by atoms with Crippen molar-refractivity contribution in [3.05, 3.63) is 0 Å². The van der Waals surface area contributed by atoms with E-state index >= 15 is 0 Å². The molecule has 0 aromatic carbocycles. The molecule has 1 heterocycles. The zero-order valence-corrected chi connectivity index (χ0v) is 10.7. The molecule has 7 nitrogen and oxygen atoms in total. The number of esters is 1. The summed E-state index contributed by atoms with van der Waals surface area (Å²) < 4.78 is 6.42. The molecule has 0 radical (unpaired) electrons. The van der Waals surface area contributed by atoms with Crippen molar-refractivity contribution in [2.45, 2.75) is 37.2 Å². The number of carbonyl (C=O) groups excluding carboxylic acids is 1. The van der Waals surface area contributed by atoms with Crippen molar-refractivity contribution in [1.29, 1.82) is 0 Å². The Morgan fingerprint density at radius 2 is 2.35 bits per heavy atom. The van der Waals surface area contributed by atoms with Crippen LogP contribution in [0.3, 0.4) is 0 Å². The minimum absolute atomic E-state index is 0.0468. The zero-order chi connectivity index (χ0) is 12.7. The molecule has 1 aromatic rings. The van der Waals surface area contributed by atoms with Crippen molar-refractivity contribution >= 4 is 17.7 Å². The first kappa shape index (κ1) is 13.9. The molecular formula is C9H16N4O3S. The van der Waals surface area contributed by atoms with Gasteiger partial charge < -0.3 is 9.84 Å². The number of aromatic nitrogens is 4. The molecule has 0 aliphatic heterocycles. The predicted octanol–water partition coefficient (Wildman–Crippen LogP) is 0.0992. The van der Waals surface area contributed by atoms with E-state index in [2.05, 4.69) is 15.5 Å². The minimum atomic E-state index is -0.321. The molecule has 1 unspecified atom stereocenters. The average Bonchev–Trinajstić information content (AvgIpc) is 2.74. The lowest BCUT2D eigenvalue weighted by Crippen LogP contribution is -2.20. The second kappa shape index (κ2) is 7.23. The summed E-state index contributed by atoms with van der Waals surface area (Å²) in [7, 11) is 0. The van der Waals surface area contributed by atoms with Crippen LogP contribution in [0.5, 0.6) is 0 Å². The Hall–Kier alpha value is -1.15. The van der Waals surface area contributed by atoms with Gasteiger partial charge in [0.05, 0.1) is 19.8 Å². The minimum Gasteiger partial charge on any atom is -0.465 e. The molecule has 1 rings (SSSR count). The molecule has 0 amide bonds. The fourth-order valence-electron chi connectivity index (χ4n) is 1.18.